The Balaban J connectivity index is 1.47. The molecule has 12 heteroatoms. The van der Waals surface area contributed by atoms with E-state index in [0.29, 0.717) is 5.56 Å². The first kappa shape index (κ1) is 22.6. The summed E-state index contributed by atoms with van der Waals surface area (Å²) in [5.74, 6) is -0.542. The zero-order valence-corrected chi connectivity index (χ0v) is 18.4. The van der Waals surface area contributed by atoms with E-state index in [1.807, 2.05) is 6.92 Å². The Bertz CT molecular complexity index is 1460. The molecule has 0 unspecified atom stereocenters. The Labute approximate surface area is 193 Å². The number of benzene rings is 3. The topological polar surface area (TPSA) is 157 Å². The fraction of sp³-hybridized carbons (Fsp3) is 0.0455. The maximum absolute atomic E-state index is 12.6. The van der Waals surface area contributed by atoms with E-state index in [4.69, 9.17) is 4.42 Å². The first-order chi connectivity index (χ1) is 16.2. The van der Waals surface area contributed by atoms with Gasteiger partial charge in [-0.15, -0.1) is 5.10 Å². The summed E-state index contributed by atoms with van der Waals surface area (Å²) in [6, 6.07) is 17.6. The number of nitrogens with zero attached hydrogens (tertiary/aromatic N) is 3. The Morgan fingerprint density at radius 2 is 1.71 bits per heavy atom. The minimum atomic E-state index is -3.83. The molecule has 172 valence electrons. The predicted molar refractivity (Wildman–Crippen MR) is 123 cm³/mol. The minimum Gasteiger partial charge on any atom is -0.403 e. The molecule has 4 rings (SSSR count). The summed E-state index contributed by atoms with van der Waals surface area (Å²) >= 11 is 0. The lowest BCUT2D eigenvalue weighted by Gasteiger charge is -2.09. The number of amides is 1. The van der Waals surface area contributed by atoms with E-state index in [1.54, 1.807) is 12.1 Å². The molecule has 0 atom stereocenters. The first-order valence-corrected chi connectivity index (χ1v) is 11.3. The number of nitro benzene ring substituents is 1. The standard InChI is InChI=1S/C22H17N5O6S/c1-14-5-11-19(12-6-14)34(31,32)26-17-4-2-3-16(13-17)20(28)23-22-25-24-21(33-22)15-7-9-18(10-8-15)27(29)30/h2-13,26H,1H3,(H,23,25,28). The van der Waals surface area contributed by atoms with E-state index in [0.717, 1.165) is 5.56 Å². The molecule has 0 saturated heterocycles. The summed E-state index contributed by atoms with van der Waals surface area (Å²) in [5.41, 5.74) is 1.63. The monoisotopic (exact) mass is 479 g/mol. The Morgan fingerprint density at radius 3 is 2.38 bits per heavy atom. The molecule has 1 aromatic heterocycles. The van der Waals surface area contributed by atoms with E-state index in [2.05, 4.69) is 20.2 Å². The van der Waals surface area contributed by atoms with Crippen LogP contribution in [0.25, 0.3) is 11.5 Å². The highest BCUT2D eigenvalue weighted by atomic mass is 32.2. The Kier molecular flexibility index (Phi) is 6.06. The van der Waals surface area contributed by atoms with Gasteiger partial charge in [0.1, 0.15) is 0 Å². The van der Waals surface area contributed by atoms with Crippen LogP contribution in [-0.4, -0.2) is 29.4 Å². The van der Waals surface area contributed by atoms with Crippen LogP contribution in [0.2, 0.25) is 0 Å². The lowest BCUT2D eigenvalue weighted by molar-refractivity contribution is -0.384. The average molecular weight is 479 g/mol. The van der Waals surface area contributed by atoms with Gasteiger partial charge in [-0.25, -0.2) is 8.42 Å². The Hall–Kier alpha value is -4.58. The maximum Gasteiger partial charge on any atom is 0.322 e. The van der Waals surface area contributed by atoms with Crippen LogP contribution < -0.4 is 10.0 Å². The van der Waals surface area contributed by atoms with Gasteiger partial charge in [-0.3, -0.25) is 24.9 Å². The van der Waals surface area contributed by atoms with Gasteiger partial charge in [-0.1, -0.05) is 28.9 Å². The van der Waals surface area contributed by atoms with Crippen LogP contribution in [-0.2, 0) is 10.0 Å². The van der Waals surface area contributed by atoms with Gasteiger partial charge in [0.25, 0.3) is 21.6 Å². The molecule has 34 heavy (non-hydrogen) atoms. The fourth-order valence-corrected chi connectivity index (χ4v) is 3.99. The van der Waals surface area contributed by atoms with Gasteiger partial charge in [0.05, 0.1) is 9.82 Å². The molecule has 11 nitrogen and oxygen atoms in total. The van der Waals surface area contributed by atoms with Crippen molar-refractivity contribution in [3.05, 3.63) is 94.0 Å². The number of sulfonamides is 1. The quantitative estimate of drug-likeness (QED) is 0.297. The van der Waals surface area contributed by atoms with Crippen LogP contribution in [0.15, 0.2) is 82.1 Å². The number of non-ortho nitro benzene ring substituents is 1. The molecule has 0 spiro atoms. The SMILES string of the molecule is Cc1ccc(S(=O)(=O)Nc2cccc(C(=O)Nc3nnc(-c4ccc([N+](=O)[O-])cc4)o3)c2)cc1. The zero-order chi connectivity index (χ0) is 24.3. The lowest BCUT2D eigenvalue weighted by Crippen LogP contribution is -2.15. The van der Waals surface area contributed by atoms with Crippen molar-refractivity contribution >= 4 is 33.3 Å². The van der Waals surface area contributed by atoms with E-state index in [1.165, 1.54) is 60.7 Å². The third-order valence-corrected chi connectivity index (χ3v) is 6.08. The zero-order valence-electron chi connectivity index (χ0n) is 17.6. The second-order valence-electron chi connectivity index (χ2n) is 7.17. The molecule has 0 aliphatic carbocycles. The van der Waals surface area contributed by atoms with Crippen molar-refractivity contribution < 1.29 is 22.6 Å². The number of nitro groups is 1. The van der Waals surface area contributed by atoms with Crippen molar-refractivity contribution in [2.45, 2.75) is 11.8 Å². The number of anilines is 2. The normalized spacial score (nSPS) is 11.1. The highest BCUT2D eigenvalue weighted by Gasteiger charge is 2.17. The van der Waals surface area contributed by atoms with E-state index in [9.17, 15) is 23.3 Å². The van der Waals surface area contributed by atoms with E-state index >= 15 is 0 Å². The molecule has 0 aliphatic heterocycles. The summed E-state index contributed by atoms with van der Waals surface area (Å²) in [5, 5.41) is 20.8. The average Bonchev–Trinajstić information content (AvgIpc) is 3.28. The van der Waals surface area contributed by atoms with Crippen LogP contribution in [0.3, 0.4) is 0 Å². The molecule has 4 aromatic rings. The number of aryl methyl sites for hydroxylation is 1. The summed E-state index contributed by atoms with van der Waals surface area (Å²) in [6.07, 6.45) is 0. The second-order valence-corrected chi connectivity index (χ2v) is 8.85. The van der Waals surface area contributed by atoms with Crippen LogP contribution in [0.4, 0.5) is 17.4 Å². The molecular formula is C22H17N5O6S. The molecular weight excluding hydrogens is 462 g/mol. The van der Waals surface area contributed by atoms with Gasteiger partial charge in [0, 0.05) is 28.9 Å². The van der Waals surface area contributed by atoms with Crippen molar-refractivity contribution in [3.63, 3.8) is 0 Å². The highest BCUT2D eigenvalue weighted by molar-refractivity contribution is 7.92. The van der Waals surface area contributed by atoms with E-state index in [-0.39, 0.29) is 33.7 Å². The van der Waals surface area contributed by atoms with Crippen LogP contribution in [0, 0.1) is 17.0 Å². The summed E-state index contributed by atoms with van der Waals surface area (Å²) in [6.45, 7) is 1.85. The molecule has 0 radical (unpaired) electrons. The number of carbonyl (C=O) groups is 1. The fourth-order valence-electron chi connectivity index (χ4n) is 2.94. The minimum absolute atomic E-state index is 0.0600. The van der Waals surface area contributed by atoms with Gasteiger partial charge in [-0.2, -0.15) is 0 Å². The molecule has 2 N–H and O–H groups in total. The largest absolute Gasteiger partial charge is 0.403 e. The molecule has 0 bridgehead atoms. The van der Waals surface area contributed by atoms with Crippen molar-refractivity contribution in [1.82, 2.24) is 10.2 Å². The molecule has 1 heterocycles. The van der Waals surface area contributed by atoms with Crippen molar-refractivity contribution in [2.24, 2.45) is 0 Å². The number of rotatable bonds is 7. The van der Waals surface area contributed by atoms with Gasteiger partial charge >= 0.3 is 6.01 Å². The summed E-state index contributed by atoms with van der Waals surface area (Å²) in [4.78, 5) is 22.9. The first-order valence-electron chi connectivity index (χ1n) is 9.80. The molecule has 0 fully saturated rings. The number of aromatic nitrogens is 2. The highest BCUT2D eigenvalue weighted by Crippen LogP contribution is 2.23. The van der Waals surface area contributed by atoms with Crippen LogP contribution in [0.5, 0.6) is 0 Å². The van der Waals surface area contributed by atoms with Crippen LogP contribution >= 0.6 is 0 Å². The lowest BCUT2D eigenvalue weighted by atomic mass is 10.2. The summed E-state index contributed by atoms with van der Waals surface area (Å²) < 4.78 is 33.0. The number of carbonyl (C=O) groups excluding carboxylic acids is 1. The van der Waals surface area contributed by atoms with Gasteiger partial charge in [0.15, 0.2) is 0 Å². The summed E-state index contributed by atoms with van der Waals surface area (Å²) in [7, 11) is -3.83. The Morgan fingerprint density at radius 1 is 1.00 bits per heavy atom. The van der Waals surface area contributed by atoms with E-state index < -0.39 is 20.9 Å². The number of hydrogen-bond acceptors (Lipinski definition) is 8. The predicted octanol–water partition coefficient (Wildman–Crippen LogP) is 4.01. The number of nitrogens with one attached hydrogen (secondary N) is 2. The maximum atomic E-state index is 12.6. The smallest absolute Gasteiger partial charge is 0.322 e. The third kappa shape index (κ3) is 5.07. The molecule has 3 aromatic carbocycles. The van der Waals surface area contributed by atoms with Gasteiger partial charge < -0.3 is 4.42 Å². The molecule has 1 amide bonds. The second kappa shape index (κ2) is 9.11. The van der Waals surface area contributed by atoms with Gasteiger partial charge in [0.2, 0.25) is 5.89 Å². The number of hydrogen-bond donors (Lipinski definition) is 2. The van der Waals surface area contributed by atoms with Crippen molar-refractivity contribution in [3.8, 4) is 11.5 Å². The molecule has 0 saturated carbocycles. The van der Waals surface area contributed by atoms with Crippen LogP contribution in [0.1, 0.15) is 15.9 Å². The van der Waals surface area contributed by atoms with Crippen molar-refractivity contribution in [2.75, 3.05) is 10.0 Å². The third-order valence-electron chi connectivity index (χ3n) is 4.68. The van der Waals surface area contributed by atoms with Gasteiger partial charge in [-0.05, 0) is 49.4 Å². The molecule has 0 aliphatic rings. The van der Waals surface area contributed by atoms with Crippen molar-refractivity contribution in [1.29, 1.82) is 0 Å².